The first kappa shape index (κ1) is 15.6. The number of aryl methyl sites for hydroxylation is 3. The van der Waals surface area contributed by atoms with Crippen molar-refractivity contribution in [3.63, 3.8) is 0 Å². The van der Waals surface area contributed by atoms with Gasteiger partial charge < -0.3 is 5.32 Å². The molecule has 1 aromatic carbocycles. The summed E-state index contributed by atoms with van der Waals surface area (Å²) in [5.41, 5.74) is 5.97. The summed E-state index contributed by atoms with van der Waals surface area (Å²) in [5, 5.41) is 12.2. The predicted molar refractivity (Wildman–Crippen MR) is 87.5 cm³/mol. The Morgan fingerprint density at radius 2 is 1.86 bits per heavy atom. The molecule has 3 nitrogen and oxygen atoms in total. The van der Waals surface area contributed by atoms with Crippen molar-refractivity contribution in [2.24, 2.45) is 0 Å². The largest absolute Gasteiger partial charge is 0.306 e. The van der Waals surface area contributed by atoms with Crippen LogP contribution < -0.4 is 5.32 Å². The minimum atomic E-state index is 0.186. The first-order chi connectivity index (χ1) is 10.2. The van der Waals surface area contributed by atoms with Crippen molar-refractivity contribution in [1.82, 2.24) is 15.5 Å². The lowest BCUT2D eigenvalue weighted by atomic mass is 9.94. The van der Waals surface area contributed by atoms with Gasteiger partial charge in [0, 0.05) is 0 Å². The van der Waals surface area contributed by atoms with Crippen LogP contribution in [-0.4, -0.2) is 16.7 Å². The number of benzene rings is 1. The Labute approximate surface area is 127 Å². The monoisotopic (exact) mass is 283 g/mol. The Bertz CT molecular complexity index is 593. The molecule has 0 bridgehead atoms. The van der Waals surface area contributed by atoms with Crippen LogP contribution >= 0.6 is 0 Å². The normalized spacial score (nSPS) is 12.4. The number of nitrogens with zero attached hydrogens (tertiary/aromatic N) is 2. The first-order valence-corrected chi connectivity index (χ1v) is 7.84. The summed E-state index contributed by atoms with van der Waals surface area (Å²) in [6.07, 6.45) is 1.96. The van der Waals surface area contributed by atoms with Gasteiger partial charge in [-0.25, -0.2) is 0 Å². The Kier molecular flexibility index (Phi) is 5.45. The van der Waals surface area contributed by atoms with Crippen molar-refractivity contribution < 1.29 is 0 Å². The Morgan fingerprint density at radius 3 is 2.52 bits per heavy atom. The summed E-state index contributed by atoms with van der Waals surface area (Å²) >= 11 is 0. The maximum absolute atomic E-state index is 4.38. The average Bonchev–Trinajstić information content (AvgIpc) is 2.52. The van der Waals surface area contributed by atoms with E-state index in [1.807, 2.05) is 6.92 Å². The number of hydrogen-bond acceptors (Lipinski definition) is 3. The SMILES string of the molecule is CCNC(c1cccc(CC)c1)c1cc(C)nnc1CC. The summed E-state index contributed by atoms with van der Waals surface area (Å²) in [6.45, 7) is 9.39. The van der Waals surface area contributed by atoms with Crippen LogP contribution in [0.4, 0.5) is 0 Å². The van der Waals surface area contributed by atoms with E-state index >= 15 is 0 Å². The molecule has 2 aromatic rings. The van der Waals surface area contributed by atoms with Gasteiger partial charge in [0.05, 0.1) is 17.4 Å². The second-order valence-corrected chi connectivity index (χ2v) is 5.33. The molecule has 0 aliphatic rings. The summed E-state index contributed by atoms with van der Waals surface area (Å²) in [7, 11) is 0. The van der Waals surface area contributed by atoms with Gasteiger partial charge in [-0.1, -0.05) is 45.0 Å². The van der Waals surface area contributed by atoms with E-state index in [0.717, 1.165) is 30.8 Å². The van der Waals surface area contributed by atoms with Crippen LogP contribution in [0.15, 0.2) is 30.3 Å². The highest BCUT2D eigenvalue weighted by Crippen LogP contribution is 2.25. The lowest BCUT2D eigenvalue weighted by Crippen LogP contribution is -2.24. The minimum absolute atomic E-state index is 0.186. The van der Waals surface area contributed by atoms with Gasteiger partial charge in [-0.3, -0.25) is 0 Å². The average molecular weight is 283 g/mol. The smallest absolute Gasteiger partial charge is 0.0679 e. The molecule has 0 saturated carbocycles. The maximum Gasteiger partial charge on any atom is 0.0679 e. The van der Waals surface area contributed by atoms with Gasteiger partial charge in [0.2, 0.25) is 0 Å². The van der Waals surface area contributed by atoms with Crippen LogP contribution in [0.3, 0.4) is 0 Å². The second-order valence-electron chi connectivity index (χ2n) is 5.33. The number of aromatic nitrogens is 2. The third kappa shape index (κ3) is 3.67. The number of rotatable bonds is 6. The van der Waals surface area contributed by atoms with Crippen molar-refractivity contribution in [2.75, 3.05) is 6.54 Å². The summed E-state index contributed by atoms with van der Waals surface area (Å²) in [6, 6.07) is 11.2. The van der Waals surface area contributed by atoms with Crippen molar-refractivity contribution >= 4 is 0 Å². The van der Waals surface area contributed by atoms with Crippen LogP contribution in [-0.2, 0) is 12.8 Å². The van der Waals surface area contributed by atoms with Crippen LogP contribution in [0.25, 0.3) is 0 Å². The summed E-state index contributed by atoms with van der Waals surface area (Å²) in [5.74, 6) is 0. The van der Waals surface area contributed by atoms with Gasteiger partial charge in [-0.05, 0) is 49.1 Å². The first-order valence-electron chi connectivity index (χ1n) is 7.84. The van der Waals surface area contributed by atoms with Crippen LogP contribution in [0.2, 0.25) is 0 Å². The third-order valence-electron chi connectivity index (χ3n) is 3.77. The molecule has 0 aliphatic heterocycles. The fraction of sp³-hybridized carbons (Fsp3) is 0.444. The molecule has 0 radical (unpaired) electrons. The second kappa shape index (κ2) is 7.32. The lowest BCUT2D eigenvalue weighted by molar-refractivity contribution is 0.616. The van der Waals surface area contributed by atoms with Crippen molar-refractivity contribution in [3.8, 4) is 0 Å². The predicted octanol–water partition coefficient (Wildman–Crippen LogP) is 3.61. The van der Waals surface area contributed by atoms with Crippen LogP contribution in [0.5, 0.6) is 0 Å². The lowest BCUT2D eigenvalue weighted by Gasteiger charge is -2.21. The van der Waals surface area contributed by atoms with Crippen molar-refractivity contribution in [1.29, 1.82) is 0 Å². The van der Waals surface area contributed by atoms with E-state index < -0.39 is 0 Å². The van der Waals surface area contributed by atoms with Crippen molar-refractivity contribution in [2.45, 2.75) is 46.6 Å². The molecule has 0 spiro atoms. The van der Waals surface area contributed by atoms with E-state index in [2.05, 4.69) is 66.6 Å². The molecule has 112 valence electrons. The molecule has 2 rings (SSSR count). The molecule has 0 aliphatic carbocycles. The van der Waals surface area contributed by atoms with E-state index in [1.165, 1.54) is 16.7 Å². The van der Waals surface area contributed by atoms with E-state index in [9.17, 15) is 0 Å². The van der Waals surface area contributed by atoms with E-state index in [4.69, 9.17) is 0 Å². The fourth-order valence-electron chi connectivity index (χ4n) is 2.66. The van der Waals surface area contributed by atoms with Crippen LogP contribution in [0.1, 0.15) is 54.9 Å². The van der Waals surface area contributed by atoms with Crippen LogP contribution in [0, 0.1) is 6.92 Å². The molecule has 1 N–H and O–H groups in total. The fourth-order valence-corrected chi connectivity index (χ4v) is 2.66. The standard InChI is InChI=1S/C18H25N3/c1-5-14-9-8-10-15(12-14)18(19-7-3)16-11-13(4)20-21-17(16)6-2/h8-12,18-19H,5-7H2,1-4H3. The molecule has 1 aromatic heterocycles. The van der Waals surface area contributed by atoms with E-state index in [1.54, 1.807) is 0 Å². The van der Waals surface area contributed by atoms with Gasteiger partial charge in [0.15, 0.2) is 0 Å². The number of nitrogens with one attached hydrogen (secondary N) is 1. The molecule has 1 atom stereocenters. The number of hydrogen-bond donors (Lipinski definition) is 1. The molecule has 1 unspecified atom stereocenters. The molecule has 3 heteroatoms. The Morgan fingerprint density at radius 1 is 1.05 bits per heavy atom. The van der Waals surface area contributed by atoms with Gasteiger partial charge >= 0.3 is 0 Å². The Hall–Kier alpha value is -1.74. The summed E-state index contributed by atoms with van der Waals surface area (Å²) in [4.78, 5) is 0. The molecule has 0 amide bonds. The zero-order valence-electron chi connectivity index (χ0n) is 13.5. The maximum atomic E-state index is 4.38. The molecular formula is C18H25N3. The third-order valence-corrected chi connectivity index (χ3v) is 3.77. The zero-order chi connectivity index (χ0) is 15.2. The topological polar surface area (TPSA) is 37.8 Å². The molecule has 0 fully saturated rings. The van der Waals surface area contributed by atoms with Gasteiger partial charge in [-0.15, -0.1) is 0 Å². The quantitative estimate of drug-likeness (QED) is 0.880. The molecule has 1 heterocycles. The Balaban J connectivity index is 2.49. The van der Waals surface area contributed by atoms with E-state index in [0.29, 0.717) is 0 Å². The zero-order valence-corrected chi connectivity index (χ0v) is 13.5. The van der Waals surface area contributed by atoms with Gasteiger partial charge in [-0.2, -0.15) is 10.2 Å². The van der Waals surface area contributed by atoms with E-state index in [-0.39, 0.29) is 6.04 Å². The highest BCUT2D eigenvalue weighted by atomic mass is 15.1. The van der Waals surface area contributed by atoms with Crippen molar-refractivity contribution in [3.05, 3.63) is 58.4 Å². The molecule has 0 saturated heterocycles. The molecule has 21 heavy (non-hydrogen) atoms. The molecular weight excluding hydrogens is 258 g/mol. The highest BCUT2D eigenvalue weighted by Gasteiger charge is 2.18. The highest BCUT2D eigenvalue weighted by molar-refractivity contribution is 5.36. The van der Waals surface area contributed by atoms with Gasteiger partial charge in [0.1, 0.15) is 0 Å². The minimum Gasteiger partial charge on any atom is -0.306 e. The summed E-state index contributed by atoms with van der Waals surface area (Å²) < 4.78 is 0. The van der Waals surface area contributed by atoms with Gasteiger partial charge in [0.25, 0.3) is 0 Å².